The molecule has 1 aliphatic rings. The van der Waals surface area contributed by atoms with Crippen LogP contribution in [0.15, 0.2) is 27.6 Å². The second-order valence-electron chi connectivity index (χ2n) is 5.65. The van der Waals surface area contributed by atoms with Crippen LogP contribution in [0.1, 0.15) is 36.9 Å². The Kier molecular flexibility index (Phi) is 5.90. The van der Waals surface area contributed by atoms with Crippen molar-refractivity contribution in [1.29, 1.82) is 0 Å². The first kappa shape index (κ1) is 18.4. The number of phenols is 3. The predicted molar refractivity (Wildman–Crippen MR) is 96.5 cm³/mol. The van der Waals surface area contributed by atoms with Gasteiger partial charge in [0.25, 0.3) is 0 Å². The Bertz CT molecular complexity index is 807. The van der Waals surface area contributed by atoms with Crippen LogP contribution >= 0.6 is 23.7 Å². The Morgan fingerprint density at radius 1 is 1.17 bits per heavy atom. The van der Waals surface area contributed by atoms with Gasteiger partial charge >= 0.3 is 0 Å². The van der Waals surface area contributed by atoms with Crippen molar-refractivity contribution >= 4 is 30.0 Å². The highest BCUT2D eigenvalue weighted by Crippen LogP contribution is 2.36. The summed E-state index contributed by atoms with van der Waals surface area (Å²) in [5.74, 6) is -1.30. The van der Waals surface area contributed by atoms with E-state index in [4.69, 9.17) is 4.99 Å². The number of hydrogen-bond acceptors (Lipinski definition) is 6. The summed E-state index contributed by atoms with van der Waals surface area (Å²) >= 11 is 1.54. The van der Waals surface area contributed by atoms with Crippen molar-refractivity contribution in [3.05, 3.63) is 33.6 Å². The molecule has 0 atom stereocenters. The van der Waals surface area contributed by atoms with E-state index in [9.17, 15) is 15.3 Å². The van der Waals surface area contributed by atoms with E-state index in [0.29, 0.717) is 11.6 Å². The lowest BCUT2D eigenvalue weighted by Gasteiger charge is -2.04. The maximum absolute atomic E-state index is 9.84. The van der Waals surface area contributed by atoms with E-state index in [-0.39, 0.29) is 18.2 Å². The number of aromatic nitrogens is 1. The van der Waals surface area contributed by atoms with Gasteiger partial charge in [0.15, 0.2) is 11.5 Å². The van der Waals surface area contributed by atoms with Gasteiger partial charge in [0.1, 0.15) is 0 Å². The van der Waals surface area contributed by atoms with Crippen molar-refractivity contribution in [2.45, 2.75) is 38.6 Å². The van der Waals surface area contributed by atoms with Crippen LogP contribution in [-0.4, -0.2) is 32.3 Å². The average molecular weight is 370 g/mol. The van der Waals surface area contributed by atoms with E-state index < -0.39 is 11.5 Å². The molecule has 0 unspecified atom stereocenters. The first-order chi connectivity index (χ1) is 11.1. The zero-order chi connectivity index (χ0) is 16.4. The van der Waals surface area contributed by atoms with Gasteiger partial charge in [-0.05, 0) is 31.9 Å². The van der Waals surface area contributed by atoms with Crippen LogP contribution in [0.25, 0.3) is 0 Å². The van der Waals surface area contributed by atoms with Crippen molar-refractivity contribution < 1.29 is 15.3 Å². The molecule has 0 aliphatic heterocycles. The van der Waals surface area contributed by atoms with Gasteiger partial charge in [-0.25, -0.2) is 4.68 Å². The van der Waals surface area contributed by atoms with E-state index in [1.54, 1.807) is 4.68 Å². The first-order valence-corrected chi connectivity index (χ1v) is 8.43. The lowest BCUT2D eigenvalue weighted by Crippen LogP contribution is -2.15. The number of aromatic hydroxyl groups is 3. The SMILES string of the molecule is Cc1csc(=NC2CCCC2)n1/N=C/c1ccc(O)c(O)c1O.Cl. The van der Waals surface area contributed by atoms with Crippen LogP contribution in [-0.2, 0) is 0 Å². The molecule has 6 nitrogen and oxygen atoms in total. The quantitative estimate of drug-likeness (QED) is 0.573. The Morgan fingerprint density at radius 3 is 2.58 bits per heavy atom. The molecule has 1 aliphatic carbocycles. The van der Waals surface area contributed by atoms with Crippen LogP contribution in [0.2, 0.25) is 0 Å². The number of hydrogen-bond donors (Lipinski definition) is 3. The van der Waals surface area contributed by atoms with Crippen molar-refractivity contribution in [3.63, 3.8) is 0 Å². The van der Waals surface area contributed by atoms with Crippen LogP contribution in [0.3, 0.4) is 0 Å². The average Bonchev–Trinajstić information content (AvgIpc) is 3.16. The Hall–Kier alpha value is -1.99. The molecule has 1 aromatic carbocycles. The molecule has 2 aromatic rings. The Balaban J connectivity index is 0.00000208. The first-order valence-electron chi connectivity index (χ1n) is 7.55. The maximum atomic E-state index is 9.84. The second kappa shape index (κ2) is 7.72. The van der Waals surface area contributed by atoms with Gasteiger partial charge in [0, 0.05) is 10.9 Å². The number of phenolic OH excluding ortho intramolecular Hbond substituents is 3. The molecule has 1 aromatic heterocycles. The van der Waals surface area contributed by atoms with Gasteiger partial charge in [0.2, 0.25) is 10.6 Å². The van der Waals surface area contributed by atoms with Crippen LogP contribution in [0, 0.1) is 6.92 Å². The van der Waals surface area contributed by atoms with E-state index in [1.807, 2.05) is 12.3 Å². The molecule has 0 amide bonds. The third-order valence-electron chi connectivity index (χ3n) is 3.94. The summed E-state index contributed by atoms with van der Waals surface area (Å²) in [5, 5.41) is 35.1. The van der Waals surface area contributed by atoms with Crippen molar-refractivity contribution in [1.82, 2.24) is 4.68 Å². The summed E-state index contributed by atoms with van der Waals surface area (Å²) in [6.45, 7) is 1.94. The molecule has 1 fully saturated rings. The van der Waals surface area contributed by atoms with Gasteiger partial charge in [-0.2, -0.15) is 5.10 Å². The zero-order valence-electron chi connectivity index (χ0n) is 13.2. The van der Waals surface area contributed by atoms with E-state index in [1.165, 1.54) is 42.5 Å². The fourth-order valence-corrected chi connectivity index (χ4v) is 3.49. The number of benzene rings is 1. The summed E-state index contributed by atoms with van der Waals surface area (Å²) in [6.07, 6.45) is 6.13. The third kappa shape index (κ3) is 3.73. The molecule has 1 saturated carbocycles. The molecule has 3 N–H and O–H groups in total. The molecule has 0 spiro atoms. The van der Waals surface area contributed by atoms with Gasteiger partial charge in [0.05, 0.1) is 18.0 Å². The molecule has 130 valence electrons. The minimum absolute atomic E-state index is 0. The summed E-state index contributed by atoms with van der Waals surface area (Å²) in [7, 11) is 0. The minimum Gasteiger partial charge on any atom is -0.504 e. The Labute approximate surface area is 149 Å². The smallest absolute Gasteiger partial charge is 0.206 e. The molecule has 0 radical (unpaired) electrons. The number of rotatable bonds is 3. The summed E-state index contributed by atoms with van der Waals surface area (Å²) in [5.41, 5.74) is 1.27. The van der Waals surface area contributed by atoms with Crippen LogP contribution < -0.4 is 4.80 Å². The van der Waals surface area contributed by atoms with Crippen molar-refractivity contribution in [2.75, 3.05) is 0 Å². The van der Waals surface area contributed by atoms with E-state index >= 15 is 0 Å². The predicted octanol–water partition coefficient (Wildman–Crippen LogP) is 3.12. The summed E-state index contributed by atoms with van der Waals surface area (Å²) < 4.78 is 1.73. The van der Waals surface area contributed by atoms with Gasteiger partial charge in [-0.1, -0.05) is 12.8 Å². The van der Waals surface area contributed by atoms with Crippen LogP contribution in [0.4, 0.5) is 0 Å². The summed E-state index contributed by atoms with van der Waals surface area (Å²) in [6, 6.07) is 3.16. The van der Waals surface area contributed by atoms with Gasteiger partial charge < -0.3 is 15.3 Å². The highest BCUT2D eigenvalue weighted by atomic mass is 35.5. The van der Waals surface area contributed by atoms with Crippen molar-refractivity contribution in [3.8, 4) is 17.2 Å². The number of thiazole rings is 1. The second-order valence-corrected chi connectivity index (χ2v) is 6.49. The summed E-state index contributed by atoms with van der Waals surface area (Å²) in [4.78, 5) is 5.59. The largest absolute Gasteiger partial charge is 0.504 e. The standard InChI is InChI=1S/C16H19N3O3S.ClH/c1-10-9-23-16(18-12-4-2-3-5-12)19(10)17-8-11-6-7-13(20)15(22)14(11)21;/h6-9,12,20-22H,2-5H2,1H3;1H/b17-8+,18-16?;. The number of nitrogens with zero attached hydrogens (tertiary/aromatic N) is 3. The van der Waals surface area contributed by atoms with Crippen molar-refractivity contribution in [2.24, 2.45) is 10.1 Å². The molecule has 8 heteroatoms. The number of halogens is 1. The third-order valence-corrected chi connectivity index (χ3v) is 4.89. The van der Waals surface area contributed by atoms with E-state index in [0.717, 1.165) is 23.3 Å². The number of aryl methyl sites for hydroxylation is 1. The fourth-order valence-electron chi connectivity index (χ4n) is 2.61. The maximum Gasteiger partial charge on any atom is 0.206 e. The zero-order valence-corrected chi connectivity index (χ0v) is 14.8. The molecule has 1 heterocycles. The molecular weight excluding hydrogens is 350 g/mol. The molecule has 0 bridgehead atoms. The molecular formula is C16H20ClN3O3S. The van der Waals surface area contributed by atoms with Gasteiger partial charge in [-0.15, -0.1) is 23.7 Å². The van der Waals surface area contributed by atoms with E-state index in [2.05, 4.69) is 5.10 Å². The minimum atomic E-state index is -0.545. The molecule has 3 rings (SSSR count). The lowest BCUT2D eigenvalue weighted by molar-refractivity contribution is 0.367. The monoisotopic (exact) mass is 369 g/mol. The highest BCUT2D eigenvalue weighted by Gasteiger charge is 2.14. The normalized spacial score (nSPS) is 16.0. The molecule has 24 heavy (non-hydrogen) atoms. The Morgan fingerprint density at radius 2 is 1.88 bits per heavy atom. The highest BCUT2D eigenvalue weighted by molar-refractivity contribution is 7.07. The van der Waals surface area contributed by atoms with Crippen LogP contribution in [0.5, 0.6) is 17.2 Å². The fraction of sp³-hybridized carbons (Fsp3) is 0.375. The van der Waals surface area contributed by atoms with Gasteiger partial charge in [-0.3, -0.25) is 4.99 Å². The topological polar surface area (TPSA) is 90.3 Å². The molecule has 0 saturated heterocycles. The lowest BCUT2D eigenvalue weighted by atomic mass is 10.2.